The van der Waals surface area contributed by atoms with Gasteiger partial charge in [0, 0.05) is 25.1 Å². The van der Waals surface area contributed by atoms with Crippen molar-refractivity contribution < 1.29 is 32.5 Å². The maximum Gasteiger partial charge on any atom is 0.573 e. The van der Waals surface area contributed by atoms with Crippen molar-refractivity contribution >= 4 is 6.09 Å². The van der Waals surface area contributed by atoms with Crippen LogP contribution in [0, 0.1) is 5.41 Å². The van der Waals surface area contributed by atoms with Gasteiger partial charge in [0.05, 0.1) is 0 Å². The Labute approximate surface area is 157 Å². The van der Waals surface area contributed by atoms with Crippen molar-refractivity contribution in [2.75, 3.05) is 19.7 Å². The molecule has 1 heterocycles. The lowest BCUT2D eigenvalue weighted by molar-refractivity contribution is -0.275. The number of alkyl halides is 3. The molecule has 1 aromatic rings. The van der Waals surface area contributed by atoms with Gasteiger partial charge in [-0.15, -0.1) is 13.2 Å². The average molecular weight is 389 g/mol. The van der Waals surface area contributed by atoms with Gasteiger partial charge in [-0.2, -0.15) is 0 Å². The SMILES string of the molecule is CC(C)(C)OC(=O)N1CCC(CO)(Cc2ccccc2OC(F)(F)F)CC1. The number of aliphatic hydroxyl groups is 1. The fourth-order valence-corrected chi connectivity index (χ4v) is 3.16. The smallest absolute Gasteiger partial charge is 0.444 e. The number of aliphatic hydroxyl groups excluding tert-OH is 1. The maximum absolute atomic E-state index is 12.6. The monoisotopic (exact) mass is 389 g/mol. The van der Waals surface area contributed by atoms with Gasteiger partial charge in [-0.1, -0.05) is 18.2 Å². The molecule has 1 N–H and O–H groups in total. The summed E-state index contributed by atoms with van der Waals surface area (Å²) in [4.78, 5) is 13.7. The minimum Gasteiger partial charge on any atom is -0.444 e. The fraction of sp³-hybridized carbons (Fsp3) is 0.632. The zero-order valence-electron chi connectivity index (χ0n) is 15.8. The third-order valence-electron chi connectivity index (χ3n) is 4.57. The van der Waals surface area contributed by atoms with Gasteiger partial charge in [-0.3, -0.25) is 0 Å². The van der Waals surface area contributed by atoms with Crippen LogP contribution in [0.15, 0.2) is 24.3 Å². The molecule has 1 aliphatic heterocycles. The second kappa shape index (κ2) is 7.96. The second-order valence-electron chi connectivity index (χ2n) is 7.96. The van der Waals surface area contributed by atoms with E-state index in [1.807, 2.05) is 0 Å². The average Bonchev–Trinajstić information content (AvgIpc) is 2.54. The van der Waals surface area contributed by atoms with Crippen molar-refractivity contribution in [3.63, 3.8) is 0 Å². The van der Waals surface area contributed by atoms with E-state index < -0.39 is 23.5 Å². The minimum atomic E-state index is -4.78. The molecule has 0 radical (unpaired) electrons. The molecule has 152 valence electrons. The van der Waals surface area contributed by atoms with Crippen LogP contribution in [0.1, 0.15) is 39.2 Å². The molecule has 27 heavy (non-hydrogen) atoms. The van der Waals surface area contributed by atoms with Gasteiger partial charge < -0.3 is 19.5 Å². The highest BCUT2D eigenvalue weighted by Gasteiger charge is 2.38. The Morgan fingerprint density at radius 2 is 1.78 bits per heavy atom. The van der Waals surface area contributed by atoms with Crippen molar-refractivity contribution in [3.8, 4) is 5.75 Å². The normalized spacial score (nSPS) is 17.5. The summed E-state index contributed by atoms with van der Waals surface area (Å²) in [5.41, 5.74) is -0.824. The van der Waals surface area contributed by atoms with Crippen molar-refractivity contribution in [3.05, 3.63) is 29.8 Å². The van der Waals surface area contributed by atoms with Gasteiger partial charge >= 0.3 is 12.5 Å². The molecule has 5 nitrogen and oxygen atoms in total. The Hall–Kier alpha value is -1.96. The summed E-state index contributed by atoms with van der Waals surface area (Å²) < 4.78 is 47.3. The Balaban J connectivity index is 2.07. The van der Waals surface area contributed by atoms with Crippen molar-refractivity contribution in [1.29, 1.82) is 0 Å². The summed E-state index contributed by atoms with van der Waals surface area (Å²) in [6, 6.07) is 5.95. The van der Waals surface area contributed by atoms with Crippen molar-refractivity contribution in [1.82, 2.24) is 4.90 Å². The number of likely N-dealkylation sites (tertiary alicyclic amines) is 1. The third-order valence-corrected chi connectivity index (χ3v) is 4.57. The molecular formula is C19H26F3NO4. The molecule has 2 rings (SSSR count). The molecule has 0 atom stereocenters. The van der Waals surface area contributed by atoms with Crippen LogP contribution in [0.4, 0.5) is 18.0 Å². The molecule has 0 aliphatic carbocycles. The molecule has 0 bridgehead atoms. The van der Waals surface area contributed by atoms with E-state index in [-0.39, 0.29) is 18.8 Å². The summed E-state index contributed by atoms with van der Waals surface area (Å²) in [7, 11) is 0. The van der Waals surface area contributed by atoms with Gasteiger partial charge in [0.1, 0.15) is 11.4 Å². The van der Waals surface area contributed by atoms with E-state index >= 15 is 0 Å². The number of hydrogen-bond donors (Lipinski definition) is 1. The van der Waals surface area contributed by atoms with Crippen LogP contribution in [-0.4, -0.2) is 47.8 Å². The number of piperidine rings is 1. The van der Waals surface area contributed by atoms with Gasteiger partial charge in [0.15, 0.2) is 0 Å². The first-order valence-electron chi connectivity index (χ1n) is 8.85. The van der Waals surface area contributed by atoms with Crippen LogP contribution >= 0.6 is 0 Å². The summed E-state index contributed by atoms with van der Waals surface area (Å²) in [6.07, 6.45) is -4.04. The Kier molecular flexibility index (Phi) is 6.29. The van der Waals surface area contributed by atoms with Crippen LogP contribution < -0.4 is 4.74 Å². The van der Waals surface area contributed by atoms with Gasteiger partial charge in [-0.25, -0.2) is 4.79 Å². The van der Waals surface area contributed by atoms with Crippen LogP contribution in [0.3, 0.4) is 0 Å². The summed E-state index contributed by atoms with van der Waals surface area (Å²) in [5, 5.41) is 9.94. The number of para-hydroxylation sites is 1. The molecule has 1 aliphatic rings. The lowest BCUT2D eigenvalue weighted by Crippen LogP contribution is -2.47. The molecule has 1 fully saturated rings. The van der Waals surface area contributed by atoms with Crippen LogP contribution in [0.5, 0.6) is 5.75 Å². The van der Waals surface area contributed by atoms with E-state index in [0.717, 1.165) is 0 Å². The number of amides is 1. The van der Waals surface area contributed by atoms with Crippen LogP contribution in [0.25, 0.3) is 0 Å². The van der Waals surface area contributed by atoms with Crippen LogP contribution in [-0.2, 0) is 11.2 Å². The lowest BCUT2D eigenvalue weighted by Gasteiger charge is -2.41. The first-order valence-corrected chi connectivity index (χ1v) is 8.85. The first kappa shape index (κ1) is 21.3. The number of benzene rings is 1. The van der Waals surface area contributed by atoms with Crippen LogP contribution in [0.2, 0.25) is 0 Å². The van der Waals surface area contributed by atoms with E-state index in [4.69, 9.17) is 4.74 Å². The summed E-state index contributed by atoms with van der Waals surface area (Å²) in [5.74, 6) is -0.257. The Morgan fingerprint density at radius 3 is 2.30 bits per heavy atom. The fourth-order valence-electron chi connectivity index (χ4n) is 3.16. The number of hydrogen-bond acceptors (Lipinski definition) is 4. The zero-order valence-corrected chi connectivity index (χ0v) is 15.8. The lowest BCUT2D eigenvalue weighted by atomic mass is 9.74. The Morgan fingerprint density at radius 1 is 1.19 bits per heavy atom. The largest absolute Gasteiger partial charge is 0.573 e. The number of carbonyl (C=O) groups excluding carboxylic acids is 1. The second-order valence-corrected chi connectivity index (χ2v) is 7.96. The van der Waals surface area contributed by atoms with E-state index in [2.05, 4.69) is 4.74 Å². The number of halogens is 3. The molecule has 0 saturated carbocycles. The molecular weight excluding hydrogens is 363 g/mol. The molecule has 1 aromatic carbocycles. The highest BCUT2D eigenvalue weighted by atomic mass is 19.4. The number of nitrogens with zero attached hydrogens (tertiary/aromatic N) is 1. The Bertz CT molecular complexity index is 647. The summed E-state index contributed by atoms with van der Waals surface area (Å²) in [6.45, 7) is 5.91. The third kappa shape index (κ3) is 6.30. The first-order chi connectivity index (χ1) is 12.4. The quantitative estimate of drug-likeness (QED) is 0.841. The summed E-state index contributed by atoms with van der Waals surface area (Å²) >= 11 is 0. The molecule has 8 heteroatoms. The molecule has 1 amide bonds. The van der Waals surface area contributed by atoms with Crippen molar-refractivity contribution in [2.45, 2.75) is 52.0 Å². The van der Waals surface area contributed by atoms with E-state index in [9.17, 15) is 23.1 Å². The van der Waals surface area contributed by atoms with E-state index in [0.29, 0.717) is 31.5 Å². The minimum absolute atomic E-state index is 0.185. The predicted molar refractivity (Wildman–Crippen MR) is 93.4 cm³/mol. The zero-order chi connectivity index (χ0) is 20.3. The molecule has 0 unspecified atom stereocenters. The van der Waals surface area contributed by atoms with Gasteiger partial charge in [0.2, 0.25) is 0 Å². The standard InChI is InChI=1S/C19H26F3NO4/c1-17(2,3)27-16(25)23-10-8-18(13-24,9-11-23)12-14-6-4-5-7-15(14)26-19(20,21)22/h4-7,24H,8-13H2,1-3H3. The highest BCUT2D eigenvalue weighted by Crippen LogP contribution is 2.38. The number of carbonyl (C=O) groups is 1. The topological polar surface area (TPSA) is 59.0 Å². The van der Waals surface area contributed by atoms with E-state index in [1.165, 1.54) is 12.1 Å². The van der Waals surface area contributed by atoms with Gasteiger partial charge in [0.25, 0.3) is 0 Å². The molecule has 1 saturated heterocycles. The highest BCUT2D eigenvalue weighted by molar-refractivity contribution is 5.68. The van der Waals surface area contributed by atoms with E-state index in [1.54, 1.807) is 37.8 Å². The molecule has 0 spiro atoms. The number of rotatable bonds is 4. The molecule has 0 aromatic heterocycles. The predicted octanol–water partition coefficient (Wildman–Crippen LogP) is 4.14. The van der Waals surface area contributed by atoms with Gasteiger partial charge in [-0.05, 0) is 51.7 Å². The maximum atomic E-state index is 12.6. The van der Waals surface area contributed by atoms with Crippen molar-refractivity contribution in [2.24, 2.45) is 5.41 Å². The number of ether oxygens (including phenoxy) is 2.